The Morgan fingerprint density at radius 2 is 1.09 bits per heavy atom. The molecule has 172 valence electrons. The first-order valence-electron chi connectivity index (χ1n) is 11.4. The first-order valence-corrected chi connectivity index (χ1v) is 13.0. The molecule has 2 fully saturated rings. The van der Waals surface area contributed by atoms with Crippen LogP contribution in [0, 0.1) is 10.8 Å². The summed E-state index contributed by atoms with van der Waals surface area (Å²) >= 11 is 2.98. The number of hydrogen-bond acceptors (Lipinski definition) is 5. The third-order valence-electron chi connectivity index (χ3n) is 7.10. The highest BCUT2D eigenvalue weighted by Gasteiger charge is 2.57. The minimum absolute atomic E-state index is 0.0320. The predicted octanol–water partition coefficient (Wildman–Crippen LogP) is 5.31. The van der Waals surface area contributed by atoms with Crippen molar-refractivity contribution in [1.82, 2.24) is 9.80 Å². The zero-order valence-corrected chi connectivity index (χ0v) is 20.7. The van der Waals surface area contributed by atoms with Crippen molar-refractivity contribution >= 4 is 60.4 Å². The Morgan fingerprint density at radius 1 is 0.706 bits per heavy atom. The molecule has 2 saturated heterocycles. The van der Waals surface area contributed by atoms with Crippen LogP contribution in [0.15, 0.2) is 60.7 Å². The van der Waals surface area contributed by atoms with Gasteiger partial charge >= 0.3 is 0 Å². The third-order valence-corrected chi connectivity index (χ3v) is 9.31. The lowest BCUT2D eigenvalue weighted by molar-refractivity contribution is -0.152. The van der Waals surface area contributed by atoms with Crippen LogP contribution in [-0.4, -0.2) is 53.6 Å². The van der Waals surface area contributed by atoms with Crippen LogP contribution in [0.3, 0.4) is 0 Å². The van der Waals surface area contributed by atoms with Gasteiger partial charge in [0.2, 0.25) is 0 Å². The molecule has 2 bridgehead atoms. The fourth-order valence-corrected chi connectivity index (χ4v) is 7.75. The Morgan fingerprint density at radius 3 is 1.47 bits per heavy atom. The standard InChI is InChI=1S/C27H24N2O3S2/c1-26-13-28(23(30)21-11-17-7-3-5-9-19(17)33-21)15-27(2,25(26)32)16-29(14-26)24(31)22-12-18-8-4-6-10-20(18)34-22/h3-12H,13-16H2,1-2H3. The molecule has 0 atom stereocenters. The molecule has 4 heterocycles. The second-order valence-electron chi connectivity index (χ2n) is 10.1. The molecule has 5 nitrogen and oxygen atoms in total. The van der Waals surface area contributed by atoms with Gasteiger partial charge in [-0.2, -0.15) is 0 Å². The van der Waals surface area contributed by atoms with Crippen LogP contribution in [-0.2, 0) is 4.79 Å². The fraction of sp³-hybridized carbons (Fsp3) is 0.296. The molecule has 0 saturated carbocycles. The van der Waals surface area contributed by atoms with E-state index in [9.17, 15) is 14.4 Å². The summed E-state index contributed by atoms with van der Waals surface area (Å²) in [6.45, 7) is 5.11. The van der Waals surface area contributed by atoms with Crippen molar-refractivity contribution < 1.29 is 14.4 Å². The summed E-state index contributed by atoms with van der Waals surface area (Å²) in [6, 6.07) is 19.8. The summed E-state index contributed by atoms with van der Waals surface area (Å²) in [5.41, 5.74) is -1.58. The fourth-order valence-electron chi connectivity index (χ4n) is 5.69. The number of benzene rings is 2. The average Bonchev–Trinajstić information content (AvgIpc) is 3.44. The molecule has 2 aliphatic heterocycles. The van der Waals surface area contributed by atoms with Crippen molar-refractivity contribution in [3.63, 3.8) is 0 Å². The van der Waals surface area contributed by atoms with E-state index in [0.29, 0.717) is 35.9 Å². The minimum atomic E-state index is -0.788. The van der Waals surface area contributed by atoms with E-state index in [4.69, 9.17) is 0 Å². The van der Waals surface area contributed by atoms with Crippen LogP contribution in [0.5, 0.6) is 0 Å². The molecule has 7 heteroatoms. The van der Waals surface area contributed by atoms with E-state index in [1.165, 1.54) is 22.7 Å². The van der Waals surface area contributed by atoms with Gasteiger partial charge in [-0.05, 0) is 48.9 Å². The van der Waals surface area contributed by atoms with Crippen molar-refractivity contribution in [3.8, 4) is 0 Å². The van der Waals surface area contributed by atoms with Crippen molar-refractivity contribution in [2.24, 2.45) is 10.8 Å². The van der Waals surface area contributed by atoms with Crippen molar-refractivity contribution in [3.05, 3.63) is 70.4 Å². The van der Waals surface area contributed by atoms with Gasteiger partial charge in [-0.3, -0.25) is 14.4 Å². The van der Waals surface area contributed by atoms with Crippen molar-refractivity contribution in [2.75, 3.05) is 26.2 Å². The maximum atomic E-state index is 13.5. The van der Waals surface area contributed by atoms with Crippen LogP contribution in [0.4, 0.5) is 0 Å². The SMILES string of the molecule is CC12CN(C(=O)c3cc4ccccc4s3)CC(C)(CN(C(=O)c3cc4ccccc4s3)C1)C2=O. The van der Waals surface area contributed by atoms with Crippen LogP contribution < -0.4 is 0 Å². The number of thiophene rings is 2. The molecule has 2 aromatic heterocycles. The summed E-state index contributed by atoms with van der Waals surface area (Å²) in [6.07, 6.45) is 0. The first-order chi connectivity index (χ1) is 16.3. The van der Waals surface area contributed by atoms with Crippen LogP contribution >= 0.6 is 22.7 Å². The molecule has 2 aromatic carbocycles. The lowest BCUT2D eigenvalue weighted by atomic mass is 9.64. The number of ketones is 1. The van der Waals surface area contributed by atoms with Crippen LogP contribution in [0.25, 0.3) is 20.2 Å². The molecule has 2 aliphatic rings. The zero-order valence-electron chi connectivity index (χ0n) is 19.0. The first kappa shape index (κ1) is 21.5. The van der Waals surface area contributed by atoms with E-state index in [1.807, 2.05) is 84.3 Å². The van der Waals surface area contributed by atoms with E-state index in [2.05, 4.69) is 0 Å². The van der Waals surface area contributed by atoms with Crippen LogP contribution in [0.1, 0.15) is 33.2 Å². The molecular formula is C27H24N2O3S2. The average molecular weight is 489 g/mol. The van der Waals surface area contributed by atoms with Crippen molar-refractivity contribution in [1.29, 1.82) is 0 Å². The number of carbonyl (C=O) groups is 3. The number of nitrogens with zero attached hydrogens (tertiary/aromatic N) is 2. The van der Waals surface area contributed by atoms with Gasteiger partial charge in [-0.25, -0.2) is 0 Å². The van der Waals surface area contributed by atoms with Gasteiger partial charge in [-0.1, -0.05) is 36.4 Å². The Balaban J connectivity index is 1.28. The quantitative estimate of drug-likeness (QED) is 0.384. The van der Waals surface area contributed by atoms with Crippen molar-refractivity contribution in [2.45, 2.75) is 13.8 Å². The summed E-state index contributed by atoms with van der Waals surface area (Å²) < 4.78 is 2.16. The molecular weight excluding hydrogens is 464 g/mol. The second kappa shape index (κ2) is 7.48. The molecule has 0 unspecified atom stereocenters. The van der Waals surface area contributed by atoms with Gasteiger partial charge in [0, 0.05) is 35.6 Å². The van der Waals surface area contributed by atoms with Crippen LogP contribution in [0.2, 0.25) is 0 Å². The third kappa shape index (κ3) is 3.29. The van der Waals surface area contributed by atoms with Gasteiger partial charge < -0.3 is 9.80 Å². The normalized spacial score (nSPS) is 24.7. The Labute approximate surface area is 205 Å². The highest BCUT2D eigenvalue weighted by Crippen LogP contribution is 2.44. The van der Waals surface area contributed by atoms with E-state index in [1.54, 1.807) is 0 Å². The molecule has 4 aromatic rings. The zero-order chi connectivity index (χ0) is 23.7. The Kier molecular flexibility index (Phi) is 4.73. The number of fused-ring (bicyclic) bond motifs is 4. The van der Waals surface area contributed by atoms with E-state index in [-0.39, 0.29) is 17.6 Å². The molecule has 34 heavy (non-hydrogen) atoms. The van der Waals surface area contributed by atoms with E-state index < -0.39 is 10.8 Å². The molecule has 0 aliphatic carbocycles. The Bertz CT molecular complexity index is 1300. The van der Waals surface area contributed by atoms with Gasteiger partial charge in [-0.15, -0.1) is 22.7 Å². The van der Waals surface area contributed by atoms with Gasteiger partial charge in [0.05, 0.1) is 20.6 Å². The number of amides is 2. The monoisotopic (exact) mass is 488 g/mol. The molecule has 2 amide bonds. The highest BCUT2D eigenvalue weighted by atomic mass is 32.1. The predicted molar refractivity (Wildman–Crippen MR) is 137 cm³/mol. The highest BCUT2D eigenvalue weighted by molar-refractivity contribution is 7.21. The van der Waals surface area contributed by atoms with E-state index in [0.717, 1.165) is 20.2 Å². The van der Waals surface area contributed by atoms with E-state index >= 15 is 0 Å². The number of carbonyl (C=O) groups excluding carboxylic acids is 3. The number of piperidine rings is 2. The maximum absolute atomic E-state index is 13.5. The lowest BCUT2D eigenvalue weighted by Crippen LogP contribution is -2.69. The number of likely N-dealkylation sites (tertiary alicyclic amines) is 2. The molecule has 0 spiro atoms. The van der Waals surface area contributed by atoms with Gasteiger partial charge in [0.1, 0.15) is 0 Å². The summed E-state index contributed by atoms with van der Waals surface area (Å²) in [5, 5.41) is 2.11. The van der Waals surface area contributed by atoms with Gasteiger partial charge in [0.15, 0.2) is 5.78 Å². The maximum Gasteiger partial charge on any atom is 0.264 e. The lowest BCUT2D eigenvalue weighted by Gasteiger charge is -2.54. The second-order valence-corrected chi connectivity index (χ2v) is 12.2. The largest absolute Gasteiger partial charge is 0.336 e. The molecule has 0 N–H and O–H groups in total. The topological polar surface area (TPSA) is 57.7 Å². The number of Topliss-reactive ketones (excluding diaryl/α,β-unsaturated/α-hetero) is 1. The number of rotatable bonds is 2. The summed E-state index contributed by atoms with van der Waals surface area (Å²) in [4.78, 5) is 45.5. The molecule has 6 rings (SSSR count). The minimum Gasteiger partial charge on any atom is -0.336 e. The van der Waals surface area contributed by atoms with Gasteiger partial charge in [0.25, 0.3) is 11.8 Å². The molecule has 0 radical (unpaired) electrons. The Hall–Kier alpha value is -3.03. The smallest absolute Gasteiger partial charge is 0.264 e. The number of hydrogen-bond donors (Lipinski definition) is 0. The summed E-state index contributed by atoms with van der Waals surface area (Å²) in [7, 11) is 0. The summed E-state index contributed by atoms with van der Waals surface area (Å²) in [5.74, 6) is 0.0895.